The van der Waals surface area contributed by atoms with E-state index < -0.39 is 5.97 Å². The number of amides is 1. The highest BCUT2D eigenvalue weighted by Gasteiger charge is 2.15. The lowest BCUT2D eigenvalue weighted by Gasteiger charge is -2.32. The third-order valence-corrected chi connectivity index (χ3v) is 5.00. The van der Waals surface area contributed by atoms with Crippen LogP contribution in [0.25, 0.3) is 0 Å². The van der Waals surface area contributed by atoms with Crippen molar-refractivity contribution in [2.24, 2.45) is 0 Å². The number of benzene rings is 2. The fourth-order valence-corrected chi connectivity index (χ4v) is 3.33. The van der Waals surface area contributed by atoms with Gasteiger partial charge in [-0.1, -0.05) is 24.3 Å². The quantitative estimate of drug-likeness (QED) is 0.772. The minimum Gasteiger partial charge on any atom is -0.481 e. The third-order valence-electron chi connectivity index (χ3n) is 5.00. The maximum absolute atomic E-state index is 12.7. The van der Waals surface area contributed by atoms with Crippen molar-refractivity contribution >= 4 is 17.6 Å². The molecule has 6 nitrogen and oxygen atoms in total. The van der Waals surface area contributed by atoms with Crippen LogP contribution in [0.15, 0.2) is 48.5 Å². The van der Waals surface area contributed by atoms with E-state index >= 15 is 0 Å². The van der Waals surface area contributed by atoms with Crippen molar-refractivity contribution in [3.05, 3.63) is 65.2 Å². The highest BCUT2D eigenvalue weighted by molar-refractivity contribution is 6.04. The van der Waals surface area contributed by atoms with E-state index in [4.69, 9.17) is 5.11 Å². The molecule has 2 N–H and O–H groups in total. The lowest BCUT2D eigenvalue weighted by atomic mass is 10.1. The van der Waals surface area contributed by atoms with Gasteiger partial charge in [0.15, 0.2) is 0 Å². The number of carboxylic acids is 1. The number of nitrogens with zero attached hydrogens (tertiary/aromatic N) is 2. The van der Waals surface area contributed by atoms with E-state index in [-0.39, 0.29) is 12.3 Å². The van der Waals surface area contributed by atoms with Gasteiger partial charge in [-0.25, -0.2) is 0 Å². The second-order valence-corrected chi connectivity index (χ2v) is 7.33. The summed E-state index contributed by atoms with van der Waals surface area (Å²) in [5, 5.41) is 11.7. The minimum absolute atomic E-state index is 0.0751. The summed E-state index contributed by atoms with van der Waals surface area (Å²) in [6.45, 7) is 5.06. The maximum Gasteiger partial charge on any atom is 0.303 e. The number of hydrogen-bond donors (Lipinski definition) is 2. The molecule has 1 heterocycles. The number of piperazine rings is 1. The first kappa shape index (κ1) is 20.0. The normalized spacial score (nSPS) is 15.3. The molecule has 0 atom stereocenters. The number of rotatable bonds is 7. The zero-order chi connectivity index (χ0) is 19.9. The molecule has 0 aliphatic carbocycles. The number of hydrogen-bond acceptors (Lipinski definition) is 4. The van der Waals surface area contributed by atoms with Crippen molar-refractivity contribution < 1.29 is 14.7 Å². The van der Waals surface area contributed by atoms with E-state index in [2.05, 4.69) is 28.2 Å². The van der Waals surface area contributed by atoms with Crippen LogP contribution in [0.4, 0.5) is 5.69 Å². The van der Waals surface area contributed by atoms with Crippen LogP contribution in [0, 0.1) is 0 Å². The summed E-state index contributed by atoms with van der Waals surface area (Å²) < 4.78 is 0. The van der Waals surface area contributed by atoms with E-state index in [1.54, 1.807) is 0 Å². The van der Waals surface area contributed by atoms with Crippen molar-refractivity contribution in [2.45, 2.75) is 19.4 Å². The molecule has 6 heteroatoms. The molecule has 0 spiro atoms. The highest BCUT2D eigenvalue weighted by Crippen LogP contribution is 2.15. The Hall–Kier alpha value is -2.70. The van der Waals surface area contributed by atoms with Crippen LogP contribution in [0.2, 0.25) is 0 Å². The molecule has 1 aliphatic rings. The number of anilines is 1. The first-order valence-electron chi connectivity index (χ1n) is 9.61. The van der Waals surface area contributed by atoms with Gasteiger partial charge >= 0.3 is 5.97 Å². The van der Waals surface area contributed by atoms with Crippen LogP contribution < -0.4 is 5.32 Å². The number of carboxylic acid groups (broad SMARTS) is 1. The number of nitrogens with one attached hydrogen (secondary N) is 1. The number of aryl methyl sites for hydroxylation is 1. The number of aliphatic carboxylic acids is 1. The predicted molar refractivity (Wildman–Crippen MR) is 110 cm³/mol. The number of carbonyl (C=O) groups excluding carboxylic acids is 1. The summed E-state index contributed by atoms with van der Waals surface area (Å²) in [4.78, 5) is 28.1. The van der Waals surface area contributed by atoms with Gasteiger partial charge < -0.3 is 15.3 Å². The number of carbonyl (C=O) groups is 2. The summed E-state index contributed by atoms with van der Waals surface area (Å²) in [5.74, 6) is -0.984. The van der Waals surface area contributed by atoms with Crippen molar-refractivity contribution in [2.75, 3.05) is 38.5 Å². The summed E-state index contributed by atoms with van der Waals surface area (Å²) in [5.41, 5.74) is 3.33. The van der Waals surface area contributed by atoms with Crippen LogP contribution in [0.3, 0.4) is 0 Å². The Bertz CT molecular complexity index is 829. The second kappa shape index (κ2) is 9.48. The first-order chi connectivity index (χ1) is 13.5. The largest absolute Gasteiger partial charge is 0.481 e. The molecule has 1 fully saturated rings. The molecule has 0 aromatic heterocycles. The molecule has 2 aromatic rings. The Kier molecular flexibility index (Phi) is 6.79. The SMILES string of the molecule is CN1CCN(Cc2cccc(C(=O)Nc3cccc(CCC(=O)O)c3)c2)CC1. The van der Waals surface area contributed by atoms with Crippen LogP contribution in [-0.4, -0.2) is 60.0 Å². The lowest BCUT2D eigenvalue weighted by Crippen LogP contribution is -2.43. The smallest absolute Gasteiger partial charge is 0.303 e. The molecular weight excluding hydrogens is 354 g/mol. The van der Waals surface area contributed by atoms with Gasteiger partial charge in [-0.05, 0) is 48.9 Å². The van der Waals surface area contributed by atoms with Gasteiger partial charge in [-0.3, -0.25) is 14.5 Å². The van der Waals surface area contributed by atoms with E-state index in [1.807, 2.05) is 42.5 Å². The van der Waals surface area contributed by atoms with Gasteiger partial charge in [0.25, 0.3) is 5.91 Å². The van der Waals surface area contributed by atoms with Gasteiger partial charge in [-0.2, -0.15) is 0 Å². The summed E-state index contributed by atoms with van der Waals surface area (Å²) in [7, 11) is 2.14. The van der Waals surface area contributed by atoms with Crippen LogP contribution in [-0.2, 0) is 17.8 Å². The third kappa shape index (κ3) is 5.90. The average Bonchev–Trinajstić information content (AvgIpc) is 2.69. The van der Waals surface area contributed by atoms with Crippen molar-refractivity contribution in [1.29, 1.82) is 0 Å². The molecule has 148 valence electrons. The zero-order valence-corrected chi connectivity index (χ0v) is 16.2. The van der Waals surface area contributed by atoms with E-state index in [0.717, 1.165) is 43.9 Å². The molecule has 3 rings (SSSR count). The molecule has 0 bridgehead atoms. The molecule has 2 aromatic carbocycles. The topological polar surface area (TPSA) is 72.9 Å². The Balaban J connectivity index is 1.61. The molecule has 1 aliphatic heterocycles. The standard InChI is InChI=1S/C22H27N3O3/c1-24-10-12-25(13-11-24)16-18-5-2-6-19(14-18)22(28)23-20-7-3-4-17(15-20)8-9-21(26)27/h2-7,14-15H,8-13,16H2,1H3,(H,23,28)(H,26,27). The second-order valence-electron chi connectivity index (χ2n) is 7.33. The van der Waals surface area contributed by atoms with E-state index in [0.29, 0.717) is 17.7 Å². The molecule has 0 unspecified atom stereocenters. The van der Waals surface area contributed by atoms with Gasteiger partial charge in [0.1, 0.15) is 0 Å². The zero-order valence-electron chi connectivity index (χ0n) is 16.2. The highest BCUT2D eigenvalue weighted by atomic mass is 16.4. The number of likely N-dealkylation sites (N-methyl/N-ethyl adjacent to an activating group) is 1. The molecule has 1 saturated heterocycles. The molecule has 0 radical (unpaired) electrons. The van der Waals surface area contributed by atoms with Gasteiger partial charge in [0, 0.05) is 50.4 Å². The Morgan fingerprint density at radius 1 is 1.00 bits per heavy atom. The van der Waals surface area contributed by atoms with Crippen molar-refractivity contribution in [3.8, 4) is 0 Å². The Labute approximate surface area is 165 Å². The van der Waals surface area contributed by atoms with E-state index in [1.165, 1.54) is 0 Å². The van der Waals surface area contributed by atoms with Crippen LogP contribution >= 0.6 is 0 Å². The van der Waals surface area contributed by atoms with Crippen molar-refractivity contribution in [1.82, 2.24) is 9.80 Å². The van der Waals surface area contributed by atoms with Crippen molar-refractivity contribution in [3.63, 3.8) is 0 Å². The maximum atomic E-state index is 12.7. The van der Waals surface area contributed by atoms with Gasteiger partial charge in [0.05, 0.1) is 0 Å². The monoisotopic (exact) mass is 381 g/mol. The fourth-order valence-electron chi connectivity index (χ4n) is 3.33. The van der Waals surface area contributed by atoms with Gasteiger partial charge in [0.2, 0.25) is 0 Å². The Morgan fingerprint density at radius 3 is 2.46 bits per heavy atom. The summed E-state index contributed by atoms with van der Waals surface area (Å²) >= 11 is 0. The molecule has 1 amide bonds. The molecule has 0 saturated carbocycles. The Morgan fingerprint density at radius 2 is 1.71 bits per heavy atom. The van der Waals surface area contributed by atoms with Crippen LogP contribution in [0.1, 0.15) is 27.9 Å². The summed E-state index contributed by atoms with van der Waals surface area (Å²) in [6.07, 6.45) is 0.519. The molecular formula is C22H27N3O3. The van der Waals surface area contributed by atoms with E-state index in [9.17, 15) is 9.59 Å². The first-order valence-corrected chi connectivity index (χ1v) is 9.61. The lowest BCUT2D eigenvalue weighted by molar-refractivity contribution is -0.136. The predicted octanol–water partition coefficient (Wildman–Crippen LogP) is 2.70. The van der Waals surface area contributed by atoms with Gasteiger partial charge in [-0.15, -0.1) is 0 Å². The minimum atomic E-state index is -0.827. The fraction of sp³-hybridized carbons (Fsp3) is 0.364. The van der Waals surface area contributed by atoms with Crippen LogP contribution in [0.5, 0.6) is 0 Å². The molecule has 28 heavy (non-hydrogen) atoms. The average molecular weight is 381 g/mol. The summed E-state index contributed by atoms with van der Waals surface area (Å²) in [6, 6.07) is 15.1.